The molecular formula is C25H27NO. The molecule has 0 fully saturated rings. The van der Waals surface area contributed by atoms with Crippen LogP contribution in [0.15, 0.2) is 72.8 Å². The van der Waals surface area contributed by atoms with E-state index in [0.717, 1.165) is 5.75 Å². The van der Waals surface area contributed by atoms with Gasteiger partial charge >= 0.3 is 0 Å². The summed E-state index contributed by atoms with van der Waals surface area (Å²) in [5.74, 6) is 0.946. The summed E-state index contributed by atoms with van der Waals surface area (Å²) in [6, 6.07) is 25.3. The molecule has 0 aliphatic carbocycles. The topological polar surface area (TPSA) is 12.5 Å². The van der Waals surface area contributed by atoms with Gasteiger partial charge in [-0.05, 0) is 47.9 Å². The van der Waals surface area contributed by atoms with Gasteiger partial charge in [0.05, 0.1) is 7.11 Å². The predicted molar refractivity (Wildman–Crippen MR) is 118 cm³/mol. The highest BCUT2D eigenvalue weighted by molar-refractivity contribution is 5.96. The van der Waals surface area contributed by atoms with Crippen molar-refractivity contribution in [1.29, 1.82) is 0 Å². The summed E-state index contributed by atoms with van der Waals surface area (Å²) >= 11 is 0. The number of hydrogen-bond donors (Lipinski definition) is 0. The summed E-state index contributed by atoms with van der Waals surface area (Å²) in [5, 5.41) is 5.13. The summed E-state index contributed by atoms with van der Waals surface area (Å²) < 4.78 is 5.28. The molecule has 0 radical (unpaired) electrons. The molecule has 4 aromatic carbocycles. The Labute approximate surface area is 162 Å². The predicted octanol–water partition coefficient (Wildman–Crippen LogP) is 6.37. The Kier molecular flexibility index (Phi) is 5.66. The molecule has 0 saturated carbocycles. The van der Waals surface area contributed by atoms with Gasteiger partial charge in [0.25, 0.3) is 0 Å². The Morgan fingerprint density at radius 2 is 1.07 bits per heavy atom. The first kappa shape index (κ1) is 18.8. The van der Waals surface area contributed by atoms with Crippen molar-refractivity contribution in [2.75, 3.05) is 26.1 Å². The molecule has 2 nitrogen and oxygen atoms in total. The third-order valence-corrected chi connectivity index (χ3v) is 4.92. The van der Waals surface area contributed by atoms with Crippen LogP contribution in [-0.4, -0.2) is 21.2 Å². The van der Waals surface area contributed by atoms with Crippen LogP contribution >= 0.6 is 0 Å². The lowest BCUT2D eigenvalue weighted by Crippen LogP contribution is -2.08. The zero-order valence-electron chi connectivity index (χ0n) is 16.8. The van der Waals surface area contributed by atoms with Gasteiger partial charge in [0.15, 0.2) is 0 Å². The molecule has 0 atom stereocenters. The molecular weight excluding hydrogens is 330 g/mol. The van der Waals surface area contributed by atoms with E-state index < -0.39 is 0 Å². The minimum atomic E-state index is 0.946. The molecule has 27 heavy (non-hydrogen) atoms. The van der Waals surface area contributed by atoms with Crippen molar-refractivity contribution in [2.24, 2.45) is 0 Å². The molecule has 0 unspecified atom stereocenters. The maximum Gasteiger partial charge on any atom is 0.126 e. The summed E-state index contributed by atoms with van der Waals surface area (Å²) in [6.07, 6.45) is 0. The van der Waals surface area contributed by atoms with Crippen molar-refractivity contribution in [3.63, 3.8) is 0 Å². The molecule has 0 spiro atoms. The van der Waals surface area contributed by atoms with Gasteiger partial charge in [-0.3, -0.25) is 0 Å². The second-order valence-corrected chi connectivity index (χ2v) is 6.97. The van der Waals surface area contributed by atoms with Gasteiger partial charge in [-0.2, -0.15) is 0 Å². The SMILES string of the molecule is COc1cccc2c(C)cccc12.Cc1cccc2c(N(C)C)cccc12. The number of hydrogen-bond acceptors (Lipinski definition) is 2. The van der Waals surface area contributed by atoms with Crippen LogP contribution in [0.5, 0.6) is 5.75 Å². The third kappa shape index (κ3) is 3.90. The van der Waals surface area contributed by atoms with E-state index in [4.69, 9.17) is 4.74 Å². The van der Waals surface area contributed by atoms with Crippen molar-refractivity contribution < 1.29 is 4.74 Å². The number of fused-ring (bicyclic) bond motifs is 2. The molecule has 2 heteroatoms. The van der Waals surface area contributed by atoms with E-state index in [1.807, 2.05) is 12.1 Å². The molecule has 0 heterocycles. The fourth-order valence-electron chi connectivity index (χ4n) is 3.46. The number of benzene rings is 4. The molecule has 138 valence electrons. The molecule has 0 N–H and O–H groups in total. The summed E-state index contributed by atoms with van der Waals surface area (Å²) in [4.78, 5) is 2.15. The van der Waals surface area contributed by atoms with Crippen LogP contribution in [0.3, 0.4) is 0 Å². The van der Waals surface area contributed by atoms with Crippen molar-refractivity contribution in [1.82, 2.24) is 0 Å². The molecule has 0 aliphatic rings. The first-order chi connectivity index (χ1) is 13.0. The van der Waals surface area contributed by atoms with E-state index in [-0.39, 0.29) is 0 Å². The Balaban J connectivity index is 0.000000156. The number of rotatable bonds is 2. The number of nitrogens with zero attached hydrogens (tertiary/aromatic N) is 1. The van der Waals surface area contributed by atoms with Gasteiger partial charge in [0, 0.05) is 30.6 Å². The van der Waals surface area contributed by atoms with Gasteiger partial charge < -0.3 is 9.64 Å². The minimum Gasteiger partial charge on any atom is -0.496 e. The normalized spacial score (nSPS) is 10.4. The van der Waals surface area contributed by atoms with Gasteiger partial charge in [-0.1, -0.05) is 60.7 Å². The van der Waals surface area contributed by atoms with Crippen LogP contribution in [0.1, 0.15) is 11.1 Å². The fraction of sp³-hybridized carbons (Fsp3) is 0.200. The molecule has 0 bridgehead atoms. The van der Waals surface area contributed by atoms with Crippen LogP contribution in [0, 0.1) is 13.8 Å². The largest absolute Gasteiger partial charge is 0.496 e. The minimum absolute atomic E-state index is 0.946. The van der Waals surface area contributed by atoms with Gasteiger partial charge in [-0.25, -0.2) is 0 Å². The highest BCUT2D eigenvalue weighted by Crippen LogP contribution is 2.28. The maximum absolute atomic E-state index is 5.28. The average Bonchev–Trinajstić information content (AvgIpc) is 2.68. The van der Waals surface area contributed by atoms with E-state index in [1.54, 1.807) is 7.11 Å². The smallest absolute Gasteiger partial charge is 0.126 e. The van der Waals surface area contributed by atoms with E-state index in [1.165, 1.54) is 38.4 Å². The number of anilines is 1. The third-order valence-electron chi connectivity index (χ3n) is 4.92. The zero-order chi connectivity index (χ0) is 19.4. The van der Waals surface area contributed by atoms with E-state index in [2.05, 4.69) is 93.5 Å². The highest BCUT2D eigenvalue weighted by Gasteiger charge is 2.03. The molecule has 0 aliphatic heterocycles. The number of ether oxygens (including phenoxy) is 1. The molecule has 0 saturated heterocycles. The van der Waals surface area contributed by atoms with Crippen LogP contribution in [0.2, 0.25) is 0 Å². The molecule has 4 aromatic rings. The highest BCUT2D eigenvalue weighted by atomic mass is 16.5. The lowest BCUT2D eigenvalue weighted by Gasteiger charge is -2.15. The summed E-state index contributed by atoms with van der Waals surface area (Å²) in [6.45, 7) is 4.27. The first-order valence-electron chi connectivity index (χ1n) is 9.21. The lowest BCUT2D eigenvalue weighted by atomic mass is 10.0. The van der Waals surface area contributed by atoms with Gasteiger partial charge in [-0.15, -0.1) is 0 Å². The molecule has 4 rings (SSSR count). The lowest BCUT2D eigenvalue weighted by molar-refractivity contribution is 0.420. The van der Waals surface area contributed by atoms with Gasteiger partial charge in [0.2, 0.25) is 0 Å². The van der Waals surface area contributed by atoms with Crippen LogP contribution in [0.25, 0.3) is 21.5 Å². The Bertz CT molecular complexity index is 1070. The summed E-state index contributed by atoms with van der Waals surface area (Å²) in [5.41, 5.74) is 3.91. The zero-order valence-corrected chi connectivity index (χ0v) is 16.8. The van der Waals surface area contributed by atoms with Gasteiger partial charge in [0.1, 0.15) is 5.75 Å². The fourth-order valence-corrected chi connectivity index (χ4v) is 3.46. The van der Waals surface area contributed by atoms with E-state index in [9.17, 15) is 0 Å². The quantitative estimate of drug-likeness (QED) is 0.413. The van der Waals surface area contributed by atoms with Crippen LogP contribution < -0.4 is 9.64 Å². The number of methoxy groups -OCH3 is 1. The van der Waals surface area contributed by atoms with Crippen molar-refractivity contribution in [3.8, 4) is 5.75 Å². The van der Waals surface area contributed by atoms with E-state index >= 15 is 0 Å². The standard InChI is InChI=1S/C13H15N.C12H12O/c1-10-6-4-8-12-11(10)7-5-9-13(12)14(2)3;1-9-5-3-7-11-10(9)6-4-8-12(11)13-2/h4-9H,1-3H3;3-8H,1-2H3. The number of aryl methyl sites for hydroxylation is 2. The Morgan fingerprint density at radius 3 is 1.67 bits per heavy atom. The van der Waals surface area contributed by atoms with Crippen molar-refractivity contribution >= 4 is 27.2 Å². The van der Waals surface area contributed by atoms with Crippen LogP contribution in [-0.2, 0) is 0 Å². The maximum atomic E-state index is 5.28. The van der Waals surface area contributed by atoms with Crippen LogP contribution in [0.4, 0.5) is 5.69 Å². The average molecular weight is 357 g/mol. The Hall–Kier alpha value is -3.00. The second-order valence-electron chi connectivity index (χ2n) is 6.97. The summed E-state index contributed by atoms with van der Waals surface area (Å²) in [7, 11) is 5.87. The monoisotopic (exact) mass is 357 g/mol. The van der Waals surface area contributed by atoms with E-state index in [0.29, 0.717) is 0 Å². The molecule has 0 amide bonds. The first-order valence-corrected chi connectivity index (χ1v) is 9.21. The Morgan fingerprint density at radius 1 is 0.593 bits per heavy atom. The molecule has 0 aromatic heterocycles. The second kappa shape index (κ2) is 8.13. The van der Waals surface area contributed by atoms with Crippen molar-refractivity contribution in [2.45, 2.75) is 13.8 Å². The van der Waals surface area contributed by atoms with Crippen molar-refractivity contribution in [3.05, 3.63) is 83.9 Å².